The largest absolute Gasteiger partial charge is 0.451 e. The monoisotopic (exact) mass is 353 g/mol. The molecule has 0 aliphatic heterocycles. The van der Waals surface area contributed by atoms with Gasteiger partial charge in [0.15, 0.2) is 5.76 Å². The van der Waals surface area contributed by atoms with Gasteiger partial charge in [-0.2, -0.15) is 0 Å². The summed E-state index contributed by atoms with van der Waals surface area (Å²) in [5.74, 6) is -0.624. The Bertz CT molecular complexity index is 946. The molecular weight excluding hydrogens is 336 g/mol. The summed E-state index contributed by atoms with van der Waals surface area (Å²) >= 11 is 0. The summed E-state index contributed by atoms with van der Waals surface area (Å²) in [5, 5.41) is 0. The van der Waals surface area contributed by atoms with Crippen molar-refractivity contribution in [3.8, 4) is 11.3 Å². The zero-order chi connectivity index (χ0) is 18.1. The smallest absolute Gasteiger partial charge is 0.290 e. The maximum atomic E-state index is 14.0. The third kappa shape index (κ3) is 3.25. The lowest BCUT2D eigenvalue weighted by Crippen LogP contribution is -2.32. The van der Waals surface area contributed by atoms with Gasteiger partial charge in [-0.1, -0.05) is 30.3 Å². The quantitative estimate of drug-likeness (QED) is 0.645. The van der Waals surface area contributed by atoms with Gasteiger partial charge in [0.05, 0.1) is 5.56 Å². The summed E-state index contributed by atoms with van der Waals surface area (Å²) in [4.78, 5) is 14.5. The number of hydrogen-bond donors (Lipinski definition) is 0. The summed E-state index contributed by atoms with van der Waals surface area (Å²) in [7, 11) is 0. The van der Waals surface area contributed by atoms with Crippen LogP contribution in [0.2, 0.25) is 0 Å². The highest BCUT2D eigenvalue weighted by Crippen LogP contribution is 2.32. The molecule has 26 heavy (non-hydrogen) atoms. The maximum Gasteiger partial charge on any atom is 0.290 e. The molecule has 0 spiro atoms. The first-order valence-electron chi connectivity index (χ1n) is 8.52. The summed E-state index contributed by atoms with van der Waals surface area (Å²) in [6.07, 6.45) is 1.78. The molecule has 5 heteroatoms. The van der Waals surface area contributed by atoms with E-state index >= 15 is 0 Å². The molecule has 1 heterocycles. The lowest BCUT2D eigenvalue weighted by Gasteiger charge is -2.21. The Morgan fingerprint density at radius 3 is 2.35 bits per heavy atom. The molecular formula is C21H17F2NO2. The van der Waals surface area contributed by atoms with Gasteiger partial charge in [-0.3, -0.25) is 4.79 Å². The van der Waals surface area contributed by atoms with Gasteiger partial charge >= 0.3 is 0 Å². The zero-order valence-electron chi connectivity index (χ0n) is 14.0. The highest BCUT2D eigenvalue weighted by Gasteiger charge is 2.34. The van der Waals surface area contributed by atoms with Crippen molar-refractivity contribution in [1.29, 1.82) is 0 Å². The fourth-order valence-corrected chi connectivity index (χ4v) is 2.96. The highest BCUT2D eigenvalue weighted by molar-refractivity contribution is 5.92. The lowest BCUT2D eigenvalue weighted by molar-refractivity contribution is 0.0696. The van der Waals surface area contributed by atoms with Gasteiger partial charge in [0.1, 0.15) is 17.4 Å². The summed E-state index contributed by atoms with van der Waals surface area (Å²) in [6.45, 7) is 0.186. The van der Waals surface area contributed by atoms with Crippen molar-refractivity contribution >= 4 is 5.91 Å². The third-order valence-corrected chi connectivity index (χ3v) is 4.50. The minimum absolute atomic E-state index is 0.0871. The number of carbonyl (C=O) groups is 1. The molecule has 1 amide bonds. The van der Waals surface area contributed by atoms with Crippen LogP contribution in [-0.2, 0) is 6.54 Å². The van der Waals surface area contributed by atoms with Crippen molar-refractivity contribution in [2.24, 2.45) is 0 Å². The Labute approximate surface area is 149 Å². The van der Waals surface area contributed by atoms with E-state index < -0.39 is 5.82 Å². The van der Waals surface area contributed by atoms with Gasteiger partial charge in [-0.25, -0.2) is 8.78 Å². The van der Waals surface area contributed by atoms with Gasteiger partial charge in [0.25, 0.3) is 5.91 Å². The molecule has 3 aromatic rings. The molecule has 0 radical (unpaired) electrons. The van der Waals surface area contributed by atoms with Crippen LogP contribution >= 0.6 is 0 Å². The number of carbonyl (C=O) groups excluding carboxylic acids is 1. The topological polar surface area (TPSA) is 33.5 Å². The first-order valence-corrected chi connectivity index (χ1v) is 8.52. The summed E-state index contributed by atoms with van der Waals surface area (Å²) in [5.41, 5.74) is 0.771. The number of halogens is 2. The van der Waals surface area contributed by atoms with Gasteiger partial charge in [-0.15, -0.1) is 0 Å². The average Bonchev–Trinajstić information content (AvgIpc) is 3.37. The molecule has 0 N–H and O–H groups in total. The van der Waals surface area contributed by atoms with E-state index in [1.54, 1.807) is 53.4 Å². The van der Waals surface area contributed by atoms with Gasteiger partial charge in [0, 0.05) is 18.2 Å². The fraction of sp³-hybridized carbons (Fsp3) is 0.190. The van der Waals surface area contributed by atoms with Crippen LogP contribution in [0.1, 0.15) is 29.0 Å². The molecule has 0 saturated heterocycles. The predicted octanol–water partition coefficient (Wildman–Crippen LogP) is 5.03. The molecule has 3 nitrogen and oxygen atoms in total. The number of rotatable bonds is 5. The van der Waals surface area contributed by atoms with E-state index in [1.165, 1.54) is 12.1 Å². The Morgan fingerprint density at radius 2 is 1.65 bits per heavy atom. The number of furan rings is 1. The Kier molecular flexibility index (Phi) is 4.29. The van der Waals surface area contributed by atoms with Crippen molar-refractivity contribution in [2.45, 2.75) is 25.4 Å². The normalized spacial score (nSPS) is 13.6. The molecule has 1 fully saturated rings. The first-order chi connectivity index (χ1) is 12.6. The molecule has 0 bridgehead atoms. The van der Waals surface area contributed by atoms with Crippen LogP contribution in [0.25, 0.3) is 11.3 Å². The molecule has 1 aliphatic carbocycles. The van der Waals surface area contributed by atoms with E-state index in [0.717, 1.165) is 12.8 Å². The van der Waals surface area contributed by atoms with E-state index in [0.29, 0.717) is 16.9 Å². The molecule has 0 unspecified atom stereocenters. The molecule has 4 rings (SSSR count). The van der Waals surface area contributed by atoms with Crippen LogP contribution in [0, 0.1) is 11.6 Å². The van der Waals surface area contributed by atoms with Gasteiger partial charge in [-0.05, 0) is 43.2 Å². The number of amides is 1. The number of nitrogens with zero attached hydrogens (tertiary/aromatic N) is 1. The SMILES string of the molecule is O=C(c1ccc(-c2ccccc2F)o1)N(Cc1ccccc1F)C1CC1. The van der Waals surface area contributed by atoms with E-state index in [9.17, 15) is 13.6 Å². The molecule has 1 aromatic heterocycles. The highest BCUT2D eigenvalue weighted by atomic mass is 19.1. The van der Waals surface area contributed by atoms with Crippen molar-refractivity contribution in [1.82, 2.24) is 4.90 Å². The van der Waals surface area contributed by atoms with Crippen molar-refractivity contribution in [3.05, 3.63) is 83.6 Å². The Morgan fingerprint density at radius 1 is 0.962 bits per heavy atom. The number of benzene rings is 2. The van der Waals surface area contributed by atoms with Gasteiger partial charge < -0.3 is 9.32 Å². The van der Waals surface area contributed by atoms with Crippen molar-refractivity contribution in [3.63, 3.8) is 0 Å². The maximum absolute atomic E-state index is 14.0. The van der Waals surface area contributed by atoms with Crippen LogP contribution < -0.4 is 0 Å². The first kappa shape index (κ1) is 16.5. The van der Waals surface area contributed by atoms with Gasteiger partial charge in [0.2, 0.25) is 0 Å². The van der Waals surface area contributed by atoms with Crippen LogP contribution in [0.4, 0.5) is 8.78 Å². The zero-order valence-corrected chi connectivity index (χ0v) is 14.0. The van der Waals surface area contributed by atoms with Crippen molar-refractivity contribution < 1.29 is 18.0 Å². The molecule has 1 aliphatic rings. The molecule has 2 aromatic carbocycles. The minimum Gasteiger partial charge on any atom is -0.451 e. The Balaban J connectivity index is 1.59. The van der Waals surface area contributed by atoms with Crippen LogP contribution in [0.3, 0.4) is 0 Å². The summed E-state index contributed by atoms with van der Waals surface area (Å²) in [6, 6.07) is 15.9. The second-order valence-corrected chi connectivity index (χ2v) is 6.40. The van der Waals surface area contributed by atoms with Crippen LogP contribution in [0.5, 0.6) is 0 Å². The van der Waals surface area contributed by atoms with E-state index in [1.807, 2.05) is 0 Å². The third-order valence-electron chi connectivity index (χ3n) is 4.50. The van der Waals surface area contributed by atoms with E-state index in [4.69, 9.17) is 4.42 Å². The van der Waals surface area contributed by atoms with Crippen LogP contribution in [-0.4, -0.2) is 16.8 Å². The Hall–Kier alpha value is -2.95. The standard InChI is InChI=1S/C21H17F2NO2/c22-17-7-3-1-5-14(17)13-24(15-9-10-15)21(25)20-12-11-19(26-20)16-6-2-4-8-18(16)23/h1-8,11-12,15H,9-10,13H2. The molecule has 0 atom stereocenters. The predicted molar refractivity (Wildman–Crippen MR) is 93.4 cm³/mol. The fourth-order valence-electron chi connectivity index (χ4n) is 2.96. The second kappa shape index (κ2) is 6.75. The molecule has 1 saturated carbocycles. The molecule has 132 valence electrons. The summed E-state index contributed by atoms with van der Waals surface area (Å²) < 4.78 is 33.5. The lowest BCUT2D eigenvalue weighted by atomic mass is 10.1. The van der Waals surface area contributed by atoms with Crippen molar-refractivity contribution in [2.75, 3.05) is 0 Å². The minimum atomic E-state index is -0.411. The average molecular weight is 353 g/mol. The second-order valence-electron chi connectivity index (χ2n) is 6.40. The van der Waals surface area contributed by atoms with E-state index in [2.05, 4.69) is 0 Å². The number of hydrogen-bond acceptors (Lipinski definition) is 2. The van der Waals surface area contributed by atoms with Crippen LogP contribution in [0.15, 0.2) is 65.1 Å². The van der Waals surface area contributed by atoms with E-state index in [-0.39, 0.29) is 30.1 Å².